The van der Waals surface area contributed by atoms with Crippen LogP contribution in [-0.2, 0) is 4.74 Å². The Bertz CT molecular complexity index is 556. The maximum Gasteiger partial charge on any atom is 0.340 e. The molecule has 0 spiro atoms. The maximum absolute atomic E-state index is 12.0. The Kier molecular flexibility index (Phi) is 3.95. The molecule has 114 valence electrons. The van der Waals surface area contributed by atoms with E-state index in [4.69, 9.17) is 22.1 Å². The van der Waals surface area contributed by atoms with Gasteiger partial charge in [-0.15, -0.1) is 0 Å². The minimum absolute atomic E-state index is 0.317. The standard InChI is InChI=1S/C15H20ClN3O2/c1-21-15(20)11-6-10(17)7-12(16)14(11)18-13-8-19-4-2-9(13)3-5-19/h6-7,9,13,18H,2-5,8,17H2,1H3. The van der Waals surface area contributed by atoms with Crippen LogP contribution < -0.4 is 11.1 Å². The molecule has 3 heterocycles. The van der Waals surface area contributed by atoms with Crippen LogP contribution in [0.3, 0.4) is 0 Å². The number of carbonyl (C=O) groups excluding carboxylic acids is 1. The van der Waals surface area contributed by atoms with E-state index in [2.05, 4.69) is 10.2 Å². The van der Waals surface area contributed by atoms with E-state index in [0.29, 0.717) is 33.9 Å². The Hall–Kier alpha value is -1.46. The van der Waals surface area contributed by atoms with Crippen LogP contribution in [0.25, 0.3) is 0 Å². The highest BCUT2D eigenvalue weighted by atomic mass is 35.5. The van der Waals surface area contributed by atoms with Crippen molar-refractivity contribution in [2.24, 2.45) is 5.92 Å². The highest BCUT2D eigenvalue weighted by molar-refractivity contribution is 6.34. The van der Waals surface area contributed by atoms with Gasteiger partial charge in [0.05, 0.1) is 23.4 Å². The third-order valence-corrected chi connectivity index (χ3v) is 4.80. The Morgan fingerprint density at radius 3 is 2.71 bits per heavy atom. The van der Waals surface area contributed by atoms with E-state index >= 15 is 0 Å². The normalized spacial score (nSPS) is 27.4. The van der Waals surface area contributed by atoms with Crippen molar-refractivity contribution in [3.63, 3.8) is 0 Å². The number of benzene rings is 1. The zero-order valence-electron chi connectivity index (χ0n) is 12.1. The maximum atomic E-state index is 12.0. The Balaban J connectivity index is 1.89. The number of fused-ring (bicyclic) bond motifs is 3. The molecule has 2 bridgehead atoms. The Labute approximate surface area is 129 Å². The molecule has 3 saturated heterocycles. The van der Waals surface area contributed by atoms with Crippen molar-refractivity contribution in [3.05, 3.63) is 22.7 Å². The van der Waals surface area contributed by atoms with Crippen LogP contribution in [0.1, 0.15) is 23.2 Å². The van der Waals surface area contributed by atoms with Gasteiger partial charge in [0.15, 0.2) is 0 Å². The minimum Gasteiger partial charge on any atom is -0.465 e. The van der Waals surface area contributed by atoms with E-state index in [1.54, 1.807) is 12.1 Å². The summed E-state index contributed by atoms with van der Waals surface area (Å²) in [5.74, 6) is 0.210. The molecule has 3 N–H and O–H groups in total. The van der Waals surface area contributed by atoms with Crippen molar-refractivity contribution < 1.29 is 9.53 Å². The van der Waals surface area contributed by atoms with Gasteiger partial charge in [-0.1, -0.05) is 11.6 Å². The number of piperidine rings is 3. The number of nitrogens with two attached hydrogens (primary N) is 1. The van der Waals surface area contributed by atoms with Crippen molar-refractivity contribution in [2.45, 2.75) is 18.9 Å². The predicted molar refractivity (Wildman–Crippen MR) is 83.8 cm³/mol. The number of nitrogen functional groups attached to an aromatic ring is 1. The van der Waals surface area contributed by atoms with E-state index in [9.17, 15) is 4.79 Å². The fraction of sp³-hybridized carbons (Fsp3) is 0.533. The van der Waals surface area contributed by atoms with Gasteiger partial charge in [-0.3, -0.25) is 0 Å². The predicted octanol–water partition coefficient (Wildman–Crippen LogP) is 2.21. The van der Waals surface area contributed by atoms with E-state index in [1.165, 1.54) is 33.0 Å². The number of rotatable bonds is 3. The molecule has 3 aliphatic heterocycles. The SMILES string of the molecule is COC(=O)c1cc(N)cc(Cl)c1NC1CN2CCC1CC2. The first-order chi connectivity index (χ1) is 10.1. The molecule has 4 rings (SSSR count). The number of hydrogen-bond acceptors (Lipinski definition) is 5. The molecule has 1 unspecified atom stereocenters. The lowest BCUT2D eigenvalue weighted by Gasteiger charge is -2.45. The minimum atomic E-state index is -0.423. The van der Waals surface area contributed by atoms with Gasteiger partial charge < -0.3 is 20.7 Å². The lowest BCUT2D eigenvalue weighted by Crippen LogP contribution is -2.53. The highest BCUT2D eigenvalue weighted by Gasteiger charge is 2.35. The summed E-state index contributed by atoms with van der Waals surface area (Å²) in [6.07, 6.45) is 2.38. The van der Waals surface area contributed by atoms with Crippen LogP contribution in [0.15, 0.2) is 12.1 Å². The molecule has 1 aromatic carbocycles. The van der Waals surface area contributed by atoms with Gasteiger partial charge in [0.1, 0.15) is 0 Å². The van der Waals surface area contributed by atoms with Crippen molar-refractivity contribution >= 4 is 28.9 Å². The number of nitrogens with one attached hydrogen (secondary N) is 1. The van der Waals surface area contributed by atoms with Crippen LogP contribution in [0.2, 0.25) is 5.02 Å². The van der Waals surface area contributed by atoms with Crippen molar-refractivity contribution in [1.29, 1.82) is 0 Å². The lowest BCUT2D eigenvalue weighted by atomic mass is 9.84. The Morgan fingerprint density at radius 1 is 1.43 bits per heavy atom. The van der Waals surface area contributed by atoms with Gasteiger partial charge in [0.25, 0.3) is 0 Å². The van der Waals surface area contributed by atoms with Crippen LogP contribution in [-0.4, -0.2) is 43.7 Å². The number of halogens is 1. The van der Waals surface area contributed by atoms with Crippen LogP contribution >= 0.6 is 11.6 Å². The van der Waals surface area contributed by atoms with Gasteiger partial charge in [-0.25, -0.2) is 4.79 Å². The second-order valence-electron chi connectivity index (χ2n) is 5.81. The van der Waals surface area contributed by atoms with E-state index < -0.39 is 5.97 Å². The molecule has 21 heavy (non-hydrogen) atoms. The summed E-state index contributed by atoms with van der Waals surface area (Å²) in [6.45, 7) is 3.33. The van der Waals surface area contributed by atoms with Gasteiger partial charge in [0, 0.05) is 18.3 Å². The molecule has 0 radical (unpaired) electrons. The fourth-order valence-corrected chi connectivity index (χ4v) is 3.64. The van der Waals surface area contributed by atoms with E-state index in [-0.39, 0.29) is 0 Å². The molecule has 3 aliphatic rings. The number of nitrogens with zero attached hydrogens (tertiary/aromatic N) is 1. The largest absolute Gasteiger partial charge is 0.465 e. The second-order valence-corrected chi connectivity index (χ2v) is 6.21. The van der Waals surface area contributed by atoms with E-state index in [1.807, 2.05) is 0 Å². The smallest absolute Gasteiger partial charge is 0.340 e. The van der Waals surface area contributed by atoms with Crippen LogP contribution in [0.5, 0.6) is 0 Å². The summed E-state index contributed by atoms with van der Waals surface area (Å²) in [5, 5.41) is 3.93. The van der Waals surface area contributed by atoms with Crippen LogP contribution in [0, 0.1) is 5.92 Å². The lowest BCUT2D eigenvalue weighted by molar-refractivity contribution is 0.0601. The first kappa shape index (κ1) is 14.5. The highest BCUT2D eigenvalue weighted by Crippen LogP contribution is 2.35. The number of esters is 1. The number of ether oxygens (including phenoxy) is 1. The summed E-state index contributed by atoms with van der Waals surface area (Å²) < 4.78 is 4.83. The van der Waals surface area contributed by atoms with Gasteiger partial charge in [0.2, 0.25) is 0 Å². The molecule has 3 fully saturated rings. The van der Waals surface area contributed by atoms with Crippen molar-refractivity contribution in [2.75, 3.05) is 37.8 Å². The van der Waals surface area contributed by atoms with Crippen molar-refractivity contribution in [3.8, 4) is 0 Å². The van der Waals surface area contributed by atoms with E-state index in [0.717, 1.165) is 6.54 Å². The average molecular weight is 310 g/mol. The fourth-order valence-electron chi connectivity index (χ4n) is 3.36. The third kappa shape index (κ3) is 2.80. The zero-order chi connectivity index (χ0) is 15.0. The molecular weight excluding hydrogens is 290 g/mol. The monoisotopic (exact) mass is 309 g/mol. The number of carbonyl (C=O) groups is 1. The molecule has 5 nitrogen and oxygen atoms in total. The number of methoxy groups -OCH3 is 1. The zero-order valence-corrected chi connectivity index (χ0v) is 12.8. The molecule has 6 heteroatoms. The molecule has 0 saturated carbocycles. The quantitative estimate of drug-likeness (QED) is 0.662. The van der Waals surface area contributed by atoms with Gasteiger partial charge >= 0.3 is 5.97 Å². The first-order valence-electron chi connectivity index (χ1n) is 7.24. The summed E-state index contributed by atoms with van der Waals surface area (Å²) in [6, 6.07) is 3.59. The third-order valence-electron chi connectivity index (χ3n) is 4.50. The first-order valence-corrected chi connectivity index (χ1v) is 7.62. The average Bonchev–Trinajstić information content (AvgIpc) is 2.50. The summed E-state index contributed by atoms with van der Waals surface area (Å²) in [5.41, 5.74) is 7.28. The summed E-state index contributed by atoms with van der Waals surface area (Å²) in [7, 11) is 1.36. The van der Waals surface area contributed by atoms with Crippen molar-refractivity contribution in [1.82, 2.24) is 4.90 Å². The second kappa shape index (κ2) is 5.73. The molecule has 1 aromatic rings. The molecule has 0 amide bonds. The molecular formula is C15H20ClN3O2. The molecule has 0 aromatic heterocycles. The number of hydrogen-bond donors (Lipinski definition) is 2. The number of anilines is 2. The summed E-state index contributed by atoms with van der Waals surface area (Å²) >= 11 is 6.29. The molecule has 0 aliphatic carbocycles. The molecule has 1 atom stereocenters. The summed E-state index contributed by atoms with van der Waals surface area (Å²) in [4.78, 5) is 14.4. The van der Waals surface area contributed by atoms with Gasteiger partial charge in [-0.2, -0.15) is 0 Å². The topological polar surface area (TPSA) is 67.6 Å². The van der Waals surface area contributed by atoms with Gasteiger partial charge in [-0.05, 0) is 44.0 Å². The Morgan fingerprint density at radius 2 is 2.14 bits per heavy atom. The van der Waals surface area contributed by atoms with Crippen LogP contribution in [0.4, 0.5) is 11.4 Å².